The molecule has 0 atom stereocenters. The van der Waals surface area contributed by atoms with Crippen molar-refractivity contribution in [3.63, 3.8) is 0 Å². The van der Waals surface area contributed by atoms with Crippen LogP contribution in [-0.2, 0) is 11.2 Å². The highest BCUT2D eigenvalue weighted by Crippen LogP contribution is 2.58. The molecule has 2 aliphatic rings. The molecular formula is C27H28N2O3S. The van der Waals surface area contributed by atoms with Gasteiger partial charge in [0.1, 0.15) is 0 Å². The van der Waals surface area contributed by atoms with E-state index in [1.54, 1.807) is 23.7 Å². The Morgan fingerprint density at radius 2 is 1.64 bits per heavy atom. The number of nitrogens with one attached hydrogen (secondary N) is 1. The molecule has 2 aliphatic carbocycles. The van der Waals surface area contributed by atoms with Crippen molar-refractivity contribution < 1.29 is 14.7 Å². The molecule has 0 aliphatic heterocycles. The van der Waals surface area contributed by atoms with E-state index in [2.05, 4.69) is 41.5 Å². The molecule has 2 saturated carbocycles. The number of hydrogen-bond acceptors (Lipinski definition) is 4. The number of carbonyl (C=O) groups is 2. The monoisotopic (exact) mass is 460 g/mol. The van der Waals surface area contributed by atoms with Crippen molar-refractivity contribution in [1.82, 2.24) is 10.3 Å². The number of hydrogen-bond donors (Lipinski definition) is 2. The van der Waals surface area contributed by atoms with Gasteiger partial charge in [0.2, 0.25) is 0 Å². The van der Waals surface area contributed by atoms with Crippen LogP contribution in [0.25, 0.3) is 11.1 Å². The minimum atomic E-state index is -0.684. The molecule has 6 heteroatoms. The molecule has 3 aromatic rings. The second kappa shape index (κ2) is 8.41. The van der Waals surface area contributed by atoms with Crippen LogP contribution in [0.5, 0.6) is 0 Å². The number of aryl methyl sites for hydroxylation is 2. The van der Waals surface area contributed by atoms with Gasteiger partial charge in [-0.05, 0) is 85.8 Å². The summed E-state index contributed by atoms with van der Waals surface area (Å²) in [5.41, 5.74) is 5.54. The molecule has 0 unspecified atom stereocenters. The number of carboxylic acids is 1. The SMILES string of the molecule is Cc1sc(C)c(C(=O)NC2CC3(C2)CC(C(=O)O)C3)c1Cc1ccc(-c2ccncc2)cc1. The number of amides is 1. The lowest BCUT2D eigenvalue weighted by Gasteiger charge is -2.56. The summed E-state index contributed by atoms with van der Waals surface area (Å²) >= 11 is 1.68. The summed E-state index contributed by atoms with van der Waals surface area (Å²) < 4.78 is 0. The van der Waals surface area contributed by atoms with Crippen molar-refractivity contribution in [2.75, 3.05) is 0 Å². The fourth-order valence-electron chi connectivity index (χ4n) is 5.64. The van der Waals surface area contributed by atoms with Crippen LogP contribution < -0.4 is 5.32 Å². The standard InChI is InChI=1S/C27H28N2O3S/c1-16-23(11-18-3-5-19(6-4-18)20-7-9-28-10-8-20)24(17(2)33-16)25(30)29-22-14-27(15-22)12-21(13-27)26(31)32/h3-10,21-22H,11-15H2,1-2H3,(H,29,30)(H,31,32). The minimum absolute atomic E-state index is 0.00853. The third-order valence-corrected chi connectivity index (χ3v) is 8.43. The Morgan fingerprint density at radius 1 is 1.00 bits per heavy atom. The van der Waals surface area contributed by atoms with Gasteiger partial charge in [-0.3, -0.25) is 14.6 Å². The molecule has 33 heavy (non-hydrogen) atoms. The van der Waals surface area contributed by atoms with Gasteiger partial charge in [-0.2, -0.15) is 0 Å². The molecule has 2 aromatic heterocycles. The molecule has 0 bridgehead atoms. The van der Waals surface area contributed by atoms with Crippen molar-refractivity contribution in [3.05, 3.63) is 75.2 Å². The average molecular weight is 461 g/mol. The van der Waals surface area contributed by atoms with Crippen LogP contribution >= 0.6 is 11.3 Å². The fraction of sp³-hybridized carbons (Fsp3) is 0.370. The number of carbonyl (C=O) groups excluding carboxylic acids is 1. The van der Waals surface area contributed by atoms with E-state index in [1.165, 1.54) is 10.4 Å². The van der Waals surface area contributed by atoms with E-state index in [1.807, 2.05) is 19.1 Å². The van der Waals surface area contributed by atoms with Gasteiger partial charge in [0.05, 0.1) is 11.5 Å². The lowest BCUT2D eigenvalue weighted by molar-refractivity contribution is -0.155. The number of carboxylic acid groups (broad SMARTS) is 1. The van der Waals surface area contributed by atoms with Crippen molar-refractivity contribution in [1.29, 1.82) is 0 Å². The third-order valence-electron chi connectivity index (χ3n) is 7.36. The van der Waals surface area contributed by atoms with Crippen molar-refractivity contribution >= 4 is 23.2 Å². The lowest BCUT2D eigenvalue weighted by atomic mass is 9.50. The van der Waals surface area contributed by atoms with E-state index < -0.39 is 5.97 Å². The Balaban J connectivity index is 1.26. The summed E-state index contributed by atoms with van der Waals surface area (Å²) in [6.45, 7) is 4.11. The van der Waals surface area contributed by atoms with Crippen LogP contribution in [0, 0.1) is 25.2 Å². The normalized spacial score (nSPS) is 23.6. The number of thiophene rings is 1. The Bertz CT molecular complexity index is 1190. The maximum atomic E-state index is 13.2. The molecule has 2 fully saturated rings. The molecule has 5 rings (SSSR count). The van der Waals surface area contributed by atoms with E-state index in [0.29, 0.717) is 0 Å². The van der Waals surface area contributed by atoms with E-state index in [-0.39, 0.29) is 23.3 Å². The summed E-state index contributed by atoms with van der Waals surface area (Å²) in [6, 6.07) is 12.7. The average Bonchev–Trinajstić information content (AvgIpc) is 3.02. The predicted molar refractivity (Wildman–Crippen MR) is 130 cm³/mol. The number of aromatic nitrogens is 1. The van der Waals surface area contributed by atoms with Gasteiger partial charge in [0.25, 0.3) is 5.91 Å². The fourth-order valence-corrected chi connectivity index (χ4v) is 6.72. The van der Waals surface area contributed by atoms with E-state index >= 15 is 0 Å². The van der Waals surface area contributed by atoms with E-state index in [0.717, 1.165) is 59.2 Å². The highest BCUT2D eigenvalue weighted by molar-refractivity contribution is 7.12. The zero-order valence-electron chi connectivity index (χ0n) is 18.9. The van der Waals surface area contributed by atoms with Gasteiger partial charge in [-0.15, -0.1) is 11.3 Å². The first-order valence-electron chi connectivity index (χ1n) is 11.5. The highest BCUT2D eigenvalue weighted by Gasteiger charge is 2.55. The van der Waals surface area contributed by atoms with Crippen LogP contribution in [0.4, 0.5) is 0 Å². The Morgan fingerprint density at radius 3 is 2.27 bits per heavy atom. The molecule has 2 N–H and O–H groups in total. The van der Waals surface area contributed by atoms with Crippen molar-refractivity contribution in [2.45, 2.75) is 52.0 Å². The summed E-state index contributed by atoms with van der Waals surface area (Å²) in [5, 5.41) is 12.4. The number of aliphatic carboxylic acids is 1. The molecule has 0 saturated heterocycles. The summed E-state index contributed by atoms with van der Waals surface area (Å²) in [4.78, 5) is 30.6. The van der Waals surface area contributed by atoms with Crippen molar-refractivity contribution in [2.24, 2.45) is 11.3 Å². The maximum absolute atomic E-state index is 13.2. The molecule has 1 amide bonds. The molecular weight excluding hydrogens is 432 g/mol. The van der Waals surface area contributed by atoms with Crippen LogP contribution in [0.3, 0.4) is 0 Å². The number of nitrogens with zero attached hydrogens (tertiary/aromatic N) is 1. The smallest absolute Gasteiger partial charge is 0.306 e. The van der Waals surface area contributed by atoms with Gasteiger partial charge in [0, 0.05) is 28.2 Å². The molecule has 170 valence electrons. The topological polar surface area (TPSA) is 79.3 Å². The molecule has 2 heterocycles. The van der Waals surface area contributed by atoms with Gasteiger partial charge >= 0.3 is 5.97 Å². The Labute approximate surface area is 197 Å². The van der Waals surface area contributed by atoms with Gasteiger partial charge in [-0.1, -0.05) is 24.3 Å². The number of pyridine rings is 1. The van der Waals surface area contributed by atoms with Crippen LogP contribution in [-0.4, -0.2) is 28.0 Å². The quantitative estimate of drug-likeness (QED) is 0.517. The van der Waals surface area contributed by atoms with Gasteiger partial charge < -0.3 is 10.4 Å². The lowest BCUT2D eigenvalue weighted by Crippen LogP contribution is -2.57. The summed E-state index contributed by atoms with van der Waals surface area (Å²) in [5.74, 6) is -0.870. The van der Waals surface area contributed by atoms with Gasteiger partial charge in [-0.25, -0.2) is 0 Å². The summed E-state index contributed by atoms with van der Waals surface area (Å²) in [7, 11) is 0. The molecule has 1 spiro atoms. The Hall–Kier alpha value is -2.99. The first kappa shape index (κ1) is 21.8. The van der Waals surface area contributed by atoms with Crippen LogP contribution in [0.1, 0.15) is 56.9 Å². The zero-order chi connectivity index (χ0) is 23.2. The van der Waals surface area contributed by atoms with Crippen LogP contribution in [0.15, 0.2) is 48.8 Å². The Kier molecular flexibility index (Phi) is 5.57. The number of benzene rings is 1. The van der Waals surface area contributed by atoms with E-state index in [9.17, 15) is 9.59 Å². The predicted octanol–water partition coefficient (Wildman–Crippen LogP) is 5.39. The first-order chi connectivity index (χ1) is 15.8. The first-order valence-corrected chi connectivity index (χ1v) is 12.3. The van der Waals surface area contributed by atoms with E-state index in [4.69, 9.17) is 5.11 Å². The minimum Gasteiger partial charge on any atom is -0.481 e. The van der Waals surface area contributed by atoms with Crippen molar-refractivity contribution in [3.8, 4) is 11.1 Å². The second-order valence-electron chi connectivity index (χ2n) is 9.70. The highest BCUT2D eigenvalue weighted by atomic mass is 32.1. The summed E-state index contributed by atoms with van der Waals surface area (Å²) in [6.07, 6.45) is 7.63. The van der Waals surface area contributed by atoms with Gasteiger partial charge in [0.15, 0.2) is 0 Å². The maximum Gasteiger partial charge on any atom is 0.306 e. The zero-order valence-corrected chi connectivity index (χ0v) is 19.7. The largest absolute Gasteiger partial charge is 0.481 e. The third kappa shape index (κ3) is 4.20. The number of rotatable bonds is 6. The molecule has 5 nitrogen and oxygen atoms in total. The van der Waals surface area contributed by atoms with Crippen LogP contribution in [0.2, 0.25) is 0 Å². The second-order valence-corrected chi connectivity index (χ2v) is 11.1. The molecule has 1 aromatic carbocycles. The molecule has 0 radical (unpaired) electrons.